The van der Waals surface area contributed by atoms with Gasteiger partial charge in [0.2, 0.25) is 5.91 Å². The summed E-state index contributed by atoms with van der Waals surface area (Å²) in [5.74, 6) is -4.39. The minimum absolute atomic E-state index is 0.294. The van der Waals surface area contributed by atoms with Gasteiger partial charge < -0.3 is 15.8 Å². The maximum absolute atomic E-state index is 13.0. The van der Waals surface area contributed by atoms with Gasteiger partial charge in [0.05, 0.1) is 16.9 Å². The third-order valence-corrected chi connectivity index (χ3v) is 4.19. The highest BCUT2D eigenvalue weighted by molar-refractivity contribution is 6.33. The highest BCUT2D eigenvalue weighted by atomic mass is 35.5. The molecule has 3 N–H and O–H groups in total. The van der Waals surface area contributed by atoms with E-state index in [0.717, 1.165) is 0 Å². The minimum atomic E-state index is -2.91. The van der Waals surface area contributed by atoms with E-state index in [2.05, 4.69) is 10.4 Å². The standard InChI is InChI=1S/C16H17ClF2N4O2/c1-23-14(12(17)8-21-23)10-6-9(2-3-13(10)25-5-4-20)22-15(24)11-7-16(11,18)19/h2-3,6,8,11H,4-5,7,20H2,1H3,(H,22,24). The fourth-order valence-corrected chi connectivity index (χ4v) is 2.80. The van der Waals surface area contributed by atoms with Crippen LogP contribution in [0.4, 0.5) is 14.5 Å². The Labute approximate surface area is 147 Å². The van der Waals surface area contributed by atoms with Gasteiger partial charge in [-0.15, -0.1) is 0 Å². The molecule has 0 aliphatic heterocycles. The van der Waals surface area contributed by atoms with E-state index in [1.807, 2.05) is 0 Å². The Bertz CT molecular complexity index is 790. The predicted molar refractivity (Wildman–Crippen MR) is 89.9 cm³/mol. The van der Waals surface area contributed by atoms with Crippen molar-refractivity contribution in [3.8, 4) is 17.0 Å². The Morgan fingerprint density at radius 1 is 1.56 bits per heavy atom. The Kier molecular flexibility index (Phi) is 4.66. The first-order chi connectivity index (χ1) is 11.8. The SMILES string of the molecule is Cn1ncc(Cl)c1-c1cc(NC(=O)C2CC2(F)F)ccc1OCCN. The Morgan fingerprint density at radius 3 is 2.84 bits per heavy atom. The number of anilines is 1. The first-order valence-corrected chi connectivity index (χ1v) is 8.04. The normalized spacial score (nSPS) is 18.0. The van der Waals surface area contributed by atoms with Gasteiger partial charge in [-0.1, -0.05) is 11.6 Å². The molecule has 1 aliphatic rings. The molecule has 0 radical (unpaired) electrons. The third kappa shape index (κ3) is 3.59. The molecule has 3 rings (SSSR count). The van der Waals surface area contributed by atoms with E-state index in [9.17, 15) is 13.6 Å². The van der Waals surface area contributed by atoms with Gasteiger partial charge in [0.25, 0.3) is 5.92 Å². The first-order valence-electron chi connectivity index (χ1n) is 7.67. The van der Waals surface area contributed by atoms with Crippen molar-refractivity contribution >= 4 is 23.2 Å². The largest absolute Gasteiger partial charge is 0.492 e. The monoisotopic (exact) mass is 370 g/mol. The molecule has 0 saturated heterocycles. The summed E-state index contributed by atoms with van der Waals surface area (Å²) in [7, 11) is 1.71. The van der Waals surface area contributed by atoms with E-state index < -0.39 is 24.2 Å². The topological polar surface area (TPSA) is 82.2 Å². The van der Waals surface area contributed by atoms with Crippen LogP contribution in [0.3, 0.4) is 0 Å². The third-order valence-electron chi connectivity index (χ3n) is 3.91. The second-order valence-electron chi connectivity index (χ2n) is 5.82. The molecule has 1 amide bonds. The zero-order valence-electron chi connectivity index (χ0n) is 13.4. The van der Waals surface area contributed by atoms with E-state index in [-0.39, 0.29) is 0 Å². The average Bonchev–Trinajstić information content (AvgIpc) is 3.08. The lowest BCUT2D eigenvalue weighted by molar-refractivity contribution is -0.119. The summed E-state index contributed by atoms with van der Waals surface area (Å²) in [6.07, 6.45) is 1.07. The molecular formula is C16H17ClF2N4O2. The summed E-state index contributed by atoms with van der Waals surface area (Å²) in [5.41, 5.74) is 7.01. The highest BCUT2D eigenvalue weighted by Gasteiger charge is 2.61. The number of nitrogens with two attached hydrogens (primary N) is 1. The quantitative estimate of drug-likeness (QED) is 0.819. The lowest BCUT2D eigenvalue weighted by Crippen LogP contribution is -2.17. The van der Waals surface area contributed by atoms with E-state index in [1.165, 1.54) is 6.20 Å². The van der Waals surface area contributed by atoms with Crippen molar-refractivity contribution in [1.82, 2.24) is 9.78 Å². The number of ether oxygens (including phenoxy) is 1. The maximum Gasteiger partial charge on any atom is 0.260 e. The summed E-state index contributed by atoms with van der Waals surface area (Å²) < 4.78 is 33.3. The van der Waals surface area contributed by atoms with Gasteiger partial charge in [-0.25, -0.2) is 8.78 Å². The lowest BCUT2D eigenvalue weighted by atomic mass is 10.1. The van der Waals surface area contributed by atoms with Gasteiger partial charge in [-0.3, -0.25) is 9.48 Å². The predicted octanol–water partition coefficient (Wildman–Crippen LogP) is 2.67. The molecule has 1 unspecified atom stereocenters. The number of nitrogens with zero attached hydrogens (tertiary/aromatic N) is 2. The number of aromatic nitrogens is 2. The van der Waals surface area contributed by atoms with Crippen molar-refractivity contribution in [2.75, 3.05) is 18.5 Å². The lowest BCUT2D eigenvalue weighted by Gasteiger charge is -2.14. The number of amides is 1. The van der Waals surface area contributed by atoms with Crippen LogP contribution in [-0.2, 0) is 11.8 Å². The summed E-state index contributed by atoms with van der Waals surface area (Å²) in [6, 6.07) is 4.83. The number of alkyl halides is 2. The van der Waals surface area contributed by atoms with Gasteiger partial charge in [0, 0.05) is 31.3 Å². The number of carbonyl (C=O) groups excluding carboxylic acids is 1. The van der Waals surface area contributed by atoms with Crippen LogP contribution in [0.1, 0.15) is 6.42 Å². The van der Waals surface area contributed by atoms with Crippen LogP contribution in [0.2, 0.25) is 5.02 Å². The molecule has 1 aromatic carbocycles. The molecule has 1 fully saturated rings. The Hall–Kier alpha value is -2.19. The van der Waals surface area contributed by atoms with Crippen LogP contribution in [0, 0.1) is 5.92 Å². The molecule has 1 heterocycles. The Morgan fingerprint density at radius 2 is 2.28 bits per heavy atom. The van der Waals surface area contributed by atoms with Crippen LogP contribution >= 0.6 is 11.6 Å². The molecule has 9 heteroatoms. The van der Waals surface area contributed by atoms with Crippen molar-refractivity contribution < 1.29 is 18.3 Å². The van der Waals surface area contributed by atoms with Crippen molar-refractivity contribution in [3.05, 3.63) is 29.4 Å². The number of aryl methyl sites for hydroxylation is 1. The molecule has 1 aliphatic carbocycles. The minimum Gasteiger partial charge on any atom is -0.492 e. The molecule has 134 valence electrons. The molecule has 25 heavy (non-hydrogen) atoms. The van der Waals surface area contributed by atoms with Crippen LogP contribution in [0.5, 0.6) is 5.75 Å². The number of carbonyl (C=O) groups is 1. The van der Waals surface area contributed by atoms with Crippen molar-refractivity contribution in [3.63, 3.8) is 0 Å². The summed E-state index contributed by atoms with van der Waals surface area (Å²) in [4.78, 5) is 11.9. The van der Waals surface area contributed by atoms with Crippen molar-refractivity contribution in [1.29, 1.82) is 0 Å². The Balaban J connectivity index is 1.92. The second kappa shape index (κ2) is 6.61. The molecule has 1 aromatic heterocycles. The van der Waals surface area contributed by atoms with E-state index in [1.54, 1.807) is 29.9 Å². The molecule has 6 nitrogen and oxygen atoms in total. The number of halogens is 3. The van der Waals surface area contributed by atoms with E-state index >= 15 is 0 Å². The van der Waals surface area contributed by atoms with Crippen LogP contribution in [-0.4, -0.2) is 34.8 Å². The summed E-state index contributed by atoms with van der Waals surface area (Å²) in [6.45, 7) is 0.621. The van der Waals surface area contributed by atoms with Crippen LogP contribution < -0.4 is 15.8 Å². The van der Waals surface area contributed by atoms with E-state index in [0.29, 0.717) is 40.9 Å². The molecule has 2 aromatic rings. The van der Waals surface area contributed by atoms with Gasteiger partial charge >= 0.3 is 0 Å². The summed E-state index contributed by atoms with van der Waals surface area (Å²) >= 11 is 6.19. The van der Waals surface area contributed by atoms with E-state index in [4.69, 9.17) is 22.1 Å². The van der Waals surface area contributed by atoms with Gasteiger partial charge in [0.1, 0.15) is 18.3 Å². The fraction of sp³-hybridized carbons (Fsp3) is 0.375. The fourth-order valence-electron chi connectivity index (χ4n) is 2.53. The van der Waals surface area contributed by atoms with Crippen LogP contribution in [0.15, 0.2) is 24.4 Å². The van der Waals surface area contributed by atoms with Crippen molar-refractivity contribution in [2.45, 2.75) is 12.3 Å². The highest BCUT2D eigenvalue weighted by Crippen LogP contribution is 2.49. The summed E-state index contributed by atoms with van der Waals surface area (Å²) in [5, 5.41) is 6.99. The number of hydrogen-bond donors (Lipinski definition) is 2. The van der Waals surface area contributed by atoms with Gasteiger partial charge in [0.15, 0.2) is 0 Å². The molecule has 1 saturated carbocycles. The second-order valence-corrected chi connectivity index (χ2v) is 6.23. The molecule has 0 bridgehead atoms. The first kappa shape index (κ1) is 17.6. The number of hydrogen-bond acceptors (Lipinski definition) is 4. The number of benzene rings is 1. The smallest absolute Gasteiger partial charge is 0.260 e. The molecular weight excluding hydrogens is 354 g/mol. The van der Waals surface area contributed by atoms with Gasteiger partial charge in [-0.2, -0.15) is 5.10 Å². The molecule has 0 spiro atoms. The zero-order valence-corrected chi connectivity index (χ0v) is 14.2. The number of rotatable bonds is 6. The van der Waals surface area contributed by atoms with Crippen LogP contribution in [0.25, 0.3) is 11.3 Å². The molecule has 1 atom stereocenters. The maximum atomic E-state index is 13.0. The van der Waals surface area contributed by atoms with Gasteiger partial charge in [-0.05, 0) is 18.2 Å². The van der Waals surface area contributed by atoms with Crippen molar-refractivity contribution in [2.24, 2.45) is 18.7 Å². The zero-order chi connectivity index (χ0) is 18.2. The number of nitrogens with one attached hydrogen (secondary N) is 1. The average molecular weight is 371 g/mol.